The Balaban J connectivity index is 2.14. The van der Waals surface area contributed by atoms with Crippen molar-refractivity contribution in [1.82, 2.24) is 5.32 Å². The molecule has 17 heavy (non-hydrogen) atoms. The maximum absolute atomic E-state index is 12.4. The number of alkyl halides is 3. The normalized spacial score (nSPS) is 20.6. The van der Waals surface area contributed by atoms with Crippen LogP contribution in [0.4, 0.5) is 13.2 Å². The Bertz CT molecular complexity index is 423. The first-order valence-corrected chi connectivity index (χ1v) is 5.18. The van der Waals surface area contributed by atoms with Crippen molar-refractivity contribution in [3.8, 4) is 0 Å². The predicted molar refractivity (Wildman–Crippen MR) is 58.7 cm³/mol. The molecular weight excluding hydrogens is 231 g/mol. The van der Waals surface area contributed by atoms with Crippen LogP contribution < -0.4 is 11.1 Å². The summed E-state index contributed by atoms with van der Waals surface area (Å²) < 4.78 is 37.1. The van der Waals surface area contributed by atoms with Crippen LogP contribution in [0.3, 0.4) is 0 Å². The summed E-state index contributed by atoms with van der Waals surface area (Å²) in [5, 5.41) is 2.88. The minimum Gasteiger partial charge on any atom is -0.370 e. The second-order valence-corrected chi connectivity index (χ2v) is 3.92. The molecule has 0 spiro atoms. The number of nitrogens with zero attached hydrogens (tertiary/aromatic N) is 1. The SMILES string of the molecule is NC1=NCC(c2ccc(C(F)(F)F)cc2)CN1. The molecule has 1 aromatic carbocycles. The van der Waals surface area contributed by atoms with Gasteiger partial charge in [0.25, 0.3) is 0 Å². The van der Waals surface area contributed by atoms with Crippen molar-refractivity contribution in [1.29, 1.82) is 0 Å². The monoisotopic (exact) mass is 243 g/mol. The van der Waals surface area contributed by atoms with Crippen LogP contribution >= 0.6 is 0 Å². The molecule has 3 N–H and O–H groups in total. The molecule has 0 amide bonds. The number of rotatable bonds is 1. The van der Waals surface area contributed by atoms with E-state index in [2.05, 4.69) is 10.3 Å². The van der Waals surface area contributed by atoms with Gasteiger partial charge in [0.1, 0.15) is 0 Å². The summed E-state index contributed by atoms with van der Waals surface area (Å²) in [6.45, 7) is 1.10. The standard InChI is InChI=1S/C11H12F3N3/c12-11(13,14)9-3-1-7(2-4-9)8-5-16-10(15)17-6-8/h1-4,8H,5-6H2,(H3,15,16,17). The van der Waals surface area contributed by atoms with Crippen LogP contribution in [0.25, 0.3) is 0 Å². The Morgan fingerprint density at radius 1 is 1.24 bits per heavy atom. The van der Waals surface area contributed by atoms with Crippen LogP contribution in [0.2, 0.25) is 0 Å². The second-order valence-electron chi connectivity index (χ2n) is 3.92. The molecule has 1 unspecified atom stereocenters. The molecule has 92 valence electrons. The highest BCUT2D eigenvalue weighted by atomic mass is 19.4. The first kappa shape index (κ1) is 11.8. The Labute approximate surface area is 96.5 Å². The number of guanidine groups is 1. The van der Waals surface area contributed by atoms with Gasteiger partial charge in [-0.1, -0.05) is 12.1 Å². The maximum Gasteiger partial charge on any atom is 0.416 e. The summed E-state index contributed by atoms with van der Waals surface area (Å²) in [6.07, 6.45) is -4.29. The van der Waals surface area contributed by atoms with Crippen molar-refractivity contribution in [2.24, 2.45) is 10.7 Å². The van der Waals surface area contributed by atoms with E-state index < -0.39 is 11.7 Å². The second kappa shape index (κ2) is 4.27. The summed E-state index contributed by atoms with van der Waals surface area (Å²) in [5.74, 6) is 0.456. The molecule has 2 rings (SSSR count). The molecule has 1 atom stereocenters. The molecule has 1 aliphatic rings. The van der Waals surface area contributed by atoms with Crippen LogP contribution in [0.5, 0.6) is 0 Å². The van der Waals surface area contributed by atoms with E-state index in [-0.39, 0.29) is 5.92 Å². The first-order valence-electron chi connectivity index (χ1n) is 5.18. The van der Waals surface area contributed by atoms with E-state index in [1.165, 1.54) is 12.1 Å². The zero-order valence-electron chi connectivity index (χ0n) is 8.96. The van der Waals surface area contributed by atoms with Gasteiger partial charge in [0.15, 0.2) is 5.96 Å². The lowest BCUT2D eigenvalue weighted by atomic mass is 9.97. The van der Waals surface area contributed by atoms with Gasteiger partial charge in [-0.2, -0.15) is 13.2 Å². The van der Waals surface area contributed by atoms with Gasteiger partial charge in [-0.15, -0.1) is 0 Å². The third-order valence-electron chi connectivity index (χ3n) is 2.72. The number of nitrogens with one attached hydrogen (secondary N) is 1. The van der Waals surface area contributed by atoms with E-state index >= 15 is 0 Å². The third kappa shape index (κ3) is 2.69. The Hall–Kier alpha value is -1.72. The Morgan fingerprint density at radius 2 is 1.88 bits per heavy atom. The molecular formula is C11H12F3N3. The number of hydrogen-bond donors (Lipinski definition) is 2. The van der Waals surface area contributed by atoms with Gasteiger partial charge in [-0.05, 0) is 17.7 Å². The minimum atomic E-state index is -4.29. The Kier molecular flexibility index (Phi) is 2.95. The highest BCUT2D eigenvalue weighted by Gasteiger charge is 2.30. The van der Waals surface area contributed by atoms with Crippen molar-refractivity contribution < 1.29 is 13.2 Å². The first-order chi connectivity index (χ1) is 7.97. The predicted octanol–water partition coefficient (Wildman–Crippen LogP) is 1.71. The summed E-state index contributed by atoms with van der Waals surface area (Å²) in [5.41, 5.74) is 5.65. The molecule has 1 aromatic rings. The maximum atomic E-state index is 12.4. The van der Waals surface area contributed by atoms with Crippen LogP contribution in [0.15, 0.2) is 29.3 Å². The molecule has 6 heteroatoms. The average Bonchev–Trinajstić information content (AvgIpc) is 2.29. The summed E-state index contributed by atoms with van der Waals surface area (Å²) in [6, 6.07) is 5.17. The summed E-state index contributed by atoms with van der Waals surface area (Å²) in [7, 11) is 0. The fraction of sp³-hybridized carbons (Fsp3) is 0.364. The molecule has 0 fully saturated rings. The fourth-order valence-corrected chi connectivity index (χ4v) is 1.72. The average molecular weight is 243 g/mol. The van der Waals surface area contributed by atoms with Crippen LogP contribution in [-0.2, 0) is 6.18 Å². The topological polar surface area (TPSA) is 50.4 Å². The van der Waals surface area contributed by atoms with Crippen LogP contribution in [-0.4, -0.2) is 19.0 Å². The van der Waals surface area contributed by atoms with Gasteiger partial charge in [-0.25, -0.2) is 0 Å². The van der Waals surface area contributed by atoms with E-state index in [1.807, 2.05) is 0 Å². The lowest BCUT2D eigenvalue weighted by Gasteiger charge is -2.21. The molecule has 0 radical (unpaired) electrons. The molecule has 3 nitrogen and oxygen atoms in total. The highest BCUT2D eigenvalue weighted by molar-refractivity contribution is 5.78. The molecule has 0 aliphatic carbocycles. The van der Waals surface area contributed by atoms with Crippen molar-refractivity contribution in [2.75, 3.05) is 13.1 Å². The molecule has 0 bridgehead atoms. The number of benzene rings is 1. The van der Waals surface area contributed by atoms with E-state index in [0.29, 0.717) is 19.0 Å². The molecule has 0 aromatic heterocycles. The zero-order chi connectivity index (χ0) is 12.5. The van der Waals surface area contributed by atoms with Crippen molar-refractivity contribution in [2.45, 2.75) is 12.1 Å². The van der Waals surface area contributed by atoms with Crippen molar-refractivity contribution in [3.05, 3.63) is 35.4 Å². The van der Waals surface area contributed by atoms with Gasteiger partial charge in [0.05, 0.1) is 12.1 Å². The van der Waals surface area contributed by atoms with Gasteiger partial charge in [0.2, 0.25) is 0 Å². The van der Waals surface area contributed by atoms with Crippen LogP contribution in [0, 0.1) is 0 Å². The summed E-state index contributed by atoms with van der Waals surface area (Å²) >= 11 is 0. The highest BCUT2D eigenvalue weighted by Crippen LogP contribution is 2.30. The Morgan fingerprint density at radius 3 is 2.35 bits per heavy atom. The minimum absolute atomic E-state index is 0.0737. The largest absolute Gasteiger partial charge is 0.416 e. The summed E-state index contributed by atoms with van der Waals surface area (Å²) in [4.78, 5) is 4.02. The fourth-order valence-electron chi connectivity index (χ4n) is 1.72. The van der Waals surface area contributed by atoms with E-state index in [1.54, 1.807) is 0 Å². The number of halogens is 3. The van der Waals surface area contributed by atoms with E-state index in [0.717, 1.165) is 17.7 Å². The lowest BCUT2D eigenvalue weighted by molar-refractivity contribution is -0.137. The van der Waals surface area contributed by atoms with Crippen LogP contribution in [0.1, 0.15) is 17.0 Å². The molecule has 1 heterocycles. The quantitative estimate of drug-likeness (QED) is 0.788. The van der Waals surface area contributed by atoms with Crippen molar-refractivity contribution >= 4 is 5.96 Å². The van der Waals surface area contributed by atoms with Gasteiger partial charge >= 0.3 is 6.18 Å². The molecule has 1 aliphatic heterocycles. The van der Waals surface area contributed by atoms with E-state index in [9.17, 15) is 13.2 Å². The number of nitrogens with two attached hydrogens (primary N) is 1. The molecule has 0 saturated heterocycles. The number of hydrogen-bond acceptors (Lipinski definition) is 3. The lowest BCUT2D eigenvalue weighted by Crippen LogP contribution is -2.39. The van der Waals surface area contributed by atoms with Gasteiger partial charge < -0.3 is 11.1 Å². The third-order valence-corrected chi connectivity index (χ3v) is 2.72. The zero-order valence-corrected chi connectivity index (χ0v) is 8.96. The molecule has 0 saturated carbocycles. The van der Waals surface area contributed by atoms with Gasteiger partial charge in [-0.3, -0.25) is 4.99 Å². The van der Waals surface area contributed by atoms with E-state index in [4.69, 9.17) is 5.73 Å². The van der Waals surface area contributed by atoms with Crippen molar-refractivity contribution in [3.63, 3.8) is 0 Å². The number of aliphatic imine (C=N–C) groups is 1. The van der Waals surface area contributed by atoms with Gasteiger partial charge in [0, 0.05) is 12.5 Å². The smallest absolute Gasteiger partial charge is 0.370 e.